The van der Waals surface area contributed by atoms with Gasteiger partial charge in [0.2, 0.25) is 0 Å². The number of nitrogens with one attached hydrogen (secondary N) is 1. The predicted octanol–water partition coefficient (Wildman–Crippen LogP) is 3.07. The predicted molar refractivity (Wildman–Crippen MR) is 94.2 cm³/mol. The Labute approximate surface area is 143 Å². The van der Waals surface area contributed by atoms with E-state index in [9.17, 15) is 0 Å². The molecule has 2 aromatic rings. The molecule has 0 unspecified atom stereocenters. The Hall–Kier alpha value is -1.43. The maximum absolute atomic E-state index is 5.89. The monoisotopic (exact) mass is 329 g/mol. The van der Waals surface area contributed by atoms with Crippen LogP contribution in [0.1, 0.15) is 43.9 Å². The van der Waals surface area contributed by atoms with Crippen LogP contribution in [0.3, 0.4) is 0 Å². The van der Waals surface area contributed by atoms with E-state index in [1.54, 1.807) is 0 Å². The summed E-state index contributed by atoms with van der Waals surface area (Å²) in [6, 6.07) is 4.15. The highest BCUT2D eigenvalue weighted by molar-refractivity contribution is 5.80. The zero-order valence-electron chi connectivity index (χ0n) is 14.6. The second-order valence-electron chi connectivity index (χ2n) is 7.25. The number of rotatable bonds is 3. The lowest BCUT2D eigenvalue weighted by Gasteiger charge is -2.35. The first-order valence-corrected chi connectivity index (χ1v) is 9.11. The lowest BCUT2D eigenvalue weighted by atomic mass is 9.93. The van der Waals surface area contributed by atoms with E-state index in [1.807, 2.05) is 12.3 Å². The Morgan fingerprint density at radius 1 is 1.21 bits per heavy atom. The van der Waals surface area contributed by atoms with Crippen molar-refractivity contribution in [1.82, 2.24) is 14.9 Å². The molecule has 0 spiro atoms. The van der Waals surface area contributed by atoms with Gasteiger partial charge in [-0.25, -0.2) is 0 Å². The molecule has 2 atom stereocenters. The van der Waals surface area contributed by atoms with Gasteiger partial charge in [0.1, 0.15) is 0 Å². The molecule has 2 fully saturated rings. The van der Waals surface area contributed by atoms with Crippen LogP contribution in [0.2, 0.25) is 0 Å². The van der Waals surface area contributed by atoms with Crippen molar-refractivity contribution in [2.24, 2.45) is 0 Å². The minimum Gasteiger partial charge on any atom is -0.381 e. The van der Waals surface area contributed by atoms with E-state index in [-0.39, 0.29) is 0 Å². The van der Waals surface area contributed by atoms with Gasteiger partial charge in [-0.15, -0.1) is 0 Å². The normalized spacial score (nSPS) is 26.9. The molecule has 0 aliphatic carbocycles. The van der Waals surface area contributed by atoms with Crippen molar-refractivity contribution in [1.29, 1.82) is 0 Å². The van der Waals surface area contributed by atoms with E-state index >= 15 is 0 Å². The van der Waals surface area contributed by atoms with Gasteiger partial charge in [-0.3, -0.25) is 9.88 Å². The Morgan fingerprint density at radius 2 is 1.96 bits per heavy atom. The Bertz CT molecular complexity index is 683. The first-order valence-electron chi connectivity index (χ1n) is 9.11. The van der Waals surface area contributed by atoms with E-state index in [4.69, 9.17) is 9.47 Å². The summed E-state index contributed by atoms with van der Waals surface area (Å²) >= 11 is 0. The minimum absolute atomic E-state index is 0.290. The maximum Gasteiger partial charge on any atom is 0.0926 e. The molecule has 5 nitrogen and oxygen atoms in total. The highest BCUT2D eigenvalue weighted by atomic mass is 16.5. The van der Waals surface area contributed by atoms with Gasteiger partial charge in [0, 0.05) is 56.2 Å². The Kier molecular flexibility index (Phi) is 4.57. The fourth-order valence-corrected chi connectivity index (χ4v) is 4.23. The van der Waals surface area contributed by atoms with Crippen LogP contribution in [0, 0.1) is 0 Å². The highest BCUT2D eigenvalue weighted by Crippen LogP contribution is 2.33. The fraction of sp³-hybridized carbons (Fsp3) is 0.632. The van der Waals surface area contributed by atoms with Gasteiger partial charge in [0.25, 0.3) is 0 Å². The Balaban J connectivity index is 1.67. The van der Waals surface area contributed by atoms with Crippen molar-refractivity contribution in [3.05, 3.63) is 29.6 Å². The molecule has 0 aromatic carbocycles. The van der Waals surface area contributed by atoms with E-state index in [2.05, 4.69) is 34.8 Å². The molecule has 5 heteroatoms. The second-order valence-corrected chi connectivity index (χ2v) is 7.25. The fourth-order valence-electron chi connectivity index (χ4n) is 4.23. The maximum atomic E-state index is 5.89. The van der Waals surface area contributed by atoms with Crippen LogP contribution in [0.15, 0.2) is 18.3 Å². The van der Waals surface area contributed by atoms with Gasteiger partial charge in [-0.2, -0.15) is 0 Å². The average molecular weight is 329 g/mol. The molecule has 0 bridgehead atoms. The standard InChI is InChI=1S/C19H27N3O2/c1-13-10-22(11-14(2)24-13)12-16-18(15-5-8-23-9-6-15)21-17-4-3-7-20-19(16)17/h3-4,7,13-15,21H,5-6,8-12H2,1-2H3/t13-,14-/m0/s1. The third-order valence-corrected chi connectivity index (χ3v) is 5.19. The van der Waals surface area contributed by atoms with E-state index < -0.39 is 0 Å². The summed E-state index contributed by atoms with van der Waals surface area (Å²) in [4.78, 5) is 10.9. The number of nitrogens with zero attached hydrogens (tertiary/aromatic N) is 2. The molecule has 0 saturated carbocycles. The highest BCUT2D eigenvalue weighted by Gasteiger charge is 2.27. The SMILES string of the molecule is C[C@H]1CN(Cc2c(C3CCOCC3)[nH]c3cccnc23)C[C@H](C)O1. The van der Waals surface area contributed by atoms with E-state index in [1.165, 1.54) is 11.3 Å². The minimum atomic E-state index is 0.290. The number of morpholine rings is 1. The summed E-state index contributed by atoms with van der Waals surface area (Å²) in [5.41, 5.74) is 5.03. The van der Waals surface area contributed by atoms with Crippen LogP contribution < -0.4 is 0 Å². The van der Waals surface area contributed by atoms with Crippen molar-refractivity contribution >= 4 is 11.0 Å². The van der Waals surface area contributed by atoms with Crippen molar-refractivity contribution in [2.45, 2.75) is 51.4 Å². The zero-order chi connectivity index (χ0) is 16.5. The molecule has 130 valence electrons. The number of hydrogen-bond donors (Lipinski definition) is 1. The third-order valence-electron chi connectivity index (χ3n) is 5.19. The second kappa shape index (κ2) is 6.82. The molecule has 4 heterocycles. The van der Waals surface area contributed by atoms with E-state index in [0.717, 1.165) is 56.7 Å². The molecule has 0 amide bonds. The third kappa shape index (κ3) is 3.21. The first-order chi connectivity index (χ1) is 11.7. The molecule has 24 heavy (non-hydrogen) atoms. The average Bonchev–Trinajstić information content (AvgIpc) is 2.94. The van der Waals surface area contributed by atoms with E-state index in [0.29, 0.717) is 18.1 Å². The summed E-state index contributed by atoms with van der Waals surface area (Å²) < 4.78 is 11.4. The molecule has 2 aromatic heterocycles. The lowest BCUT2D eigenvalue weighted by molar-refractivity contribution is -0.0705. The number of H-pyrrole nitrogens is 1. The molecule has 0 radical (unpaired) electrons. The molecule has 2 saturated heterocycles. The number of hydrogen-bond acceptors (Lipinski definition) is 4. The van der Waals surface area contributed by atoms with Crippen molar-refractivity contribution in [3.63, 3.8) is 0 Å². The number of fused-ring (bicyclic) bond motifs is 1. The summed E-state index contributed by atoms with van der Waals surface area (Å²) in [7, 11) is 0. The van der Waals surface area contributed by atoms with Crippen LogP contribution in [0.4, 0.5) is 0 Å². The number of aromatic amines is 1. The van der Waals surface area contributed by atoms with Gasteiger partial charge in [-0.05, 0) is 38.8 Å². The molecule has 4 rings (SSSR count). The summed E-state index contributed by atoms with van der Waals surface area (Å²) in [5.74, 6) is 0.554. The molecule has 2 aliphatic heterocycles. The van der Waals surface area contributed by atoms with Crippen molar-refractivity contribution in [2.75, 3.05) is 26.3 Å². The van der Waals surface area contributed by atoms with Crippen LogP contribution in [0.5, 0.6) is 0 Å². The van der Waals surface area contributed by atoms with Gasteiger partial charge in [0.15, 0.2) is 0 Å². The zero-order valence-corrected chi connectivity index (χ0v) is 14.6. The number of pyridine rings is 1. The Morgan fingerprint density at radius 3 is 2.71 bits per heavy atom. The first kappa shape index (κ1) is 16.1. The summed E-state index contributed by atoms with van der Waals surface area (Å²) in [6.45, 7) is 8.96. The number of aromatic nitrogens is 2. The van der Waals surface area contributed by atoms with Crippen molar-refractivity contribution < 1.29 is 9.47 Å². The molecule has 2 aliphatic rings. The molecular formula is C19H27N3O2. The van der Waals surface area contributed by atoms with Crippen LogP contribution in [-0.4, -0.2) is 53.4 Å². The van der Waals surface area contributed by atoms with Gasteiger partial charge in [-0.1, -0.05) is 0 Å². The number of ether oxygens (including phenoxy) is 2. The molecule has 1 N–H and O–H groups in total. The lowest BCUT2D eigenvalue weighted by Crippen LogP contribution is -2.45. The molecular weight excluding hydrogens is 302 g/mol. The van der Waals surface area contributed by atoms with Gasteiger partial charge in [0.05, 0.1) is 23.2 Å². The van der Waals surface area contributed by atoms with Gasteiger partial charge < -0.3 is 14.5 Å². The van der Waals surface area contributed by atoms with Crippen molar-refractivity contribution in [3.8, 4) is 0 Å². The van der Waals surface area contributed by atoms with Gasteiger partial charge >= 0.3 is 0 Å². The summed E-state index contributed by atoms with van der Waals surface area (Å²) in [5, 5.41) is 0. The quantitative estimate of drug-likeness (QED) is 0.940. The largest absolute Gasteiger partial charge is 0.381 e. The topological polar surface area (TPSA) is 50.4 Å². The van der Waals surface area contributed by atoms with Crippen LogP contribution in [-0.2, 0) is 16.0 Å². The van der Waals surface area contributed by atoms with Crippen LogP contribution >= 0.6 is 0 Å². The smallest absolute Gasteiger partial charge is 0.0926 e. The van der Waals surface area contributed by atoms with Crippen LogP contribution in [0.25, 0.3) is 11.0 Å². The summed E-state index contributed by atoms with van der Waals surface area (Å²) in [6.07, 6.45) is 4.67.